The number of aromatic amines is 1. The van der Waals surface area contributed by atoms with E-state index in [4.69, 9.17) is 0 Å². The smallest absolute Gasteiger partial charge is 0.257 e. The molecule has 1 N–H and O–H groups in total. The van der Waals surface area contributed by atoms with Gasteiger partial charge in [0.05, 0.1) is 11.3 Å². The third-order valence-corrected chi connectivity index (χ3v) is 4.81. The molecule has 2 aromatic heterocycles. The Morgan fingerprint density at radius 3 is 2.56 bits per heavy atom. The number of aromatic nitrogens is 4. The molecular formula is C18H26N6O. The van der Waals surface area contributed by atoms with Crippen molar-refractivity contribution in [3.63, 3.8) is 0 Å². The minimum atomic E-state index is 0.0279. The molecular weight excluding hydrogens is 316 g/mol. The lowest BCUT2D eigenvalue weighted by Crippen LogP contribution is -2.35. The van der Waals surface area contributed by atoms with Gasteiger partial charge in [-0.25, -0.2) is 9.97 Å². The van der Waals surface area contributed by atoms with E-state index in [1.165, 1.54) is 5.56 Å². The molecule has 7 nitrogen and oxygen atoms in total. The first-order valence-electron chi connectivity index (χ1n) is 8.91. The predicted octanol–water partition coefficient (Wildman–Crippen LogP) is 1.73. The van der Waals surface area contributed by atoms with Gasteiger partial charge in [0.1, 0.15) is 5.82 Å². The molecule has 134 valence electrons. The van der Waals surface area contributed by atoms with E-state index in [0.29, 0.717) is 5.56 Å². The van der Waals surface area contributed by atoms with Crippen molar-refractivity contribution in [2.24, 2.45) is 0 Å². The number of hydrogen-bond donors (Lipinski definition) is 1. The third-order valence-electron chi connectivity index (χ3n) is 4.81. The average molecular weight is 342 g/mol. The first-order chi connectivity index (χ1) is 12.1. The highest BCUT2D eigenvalue weighted by Gasteiger charge is 2.22. The van der Waals surface area contributed by atoms with Crippen LogP contribution in [0.5, 0.6) is 0 Å². The van der Waals surface area contributed by atoms with Gasteiger partial charge in [0, 0.05) is 62.8 Å². The third kappa shape index (κ3) is 4.04. The molecule has 0 spiro atoms. The van der Waals surface area contributed by atoms with E-state index in [0.717, 1.165) is 62.8 Å². The fraction of sp³-hybridized carbons (Fsp3) is 0.556. The molecule has 1 amide bonds. The molecule has 1 aliphatic rings. The van der Waals surface area contributed by atoms with Gasteiger partial charge in [-0.15, -0.1) is 0 Å². The van der Waals surface area contributed by atoms with Crippen LogP contribution in [0.1, 0.15) is 46.5 Å². The monoisotopic (exact) mass is 342 g/mol. The minimum absolute atomic E-state index is 0.0279. The average Bonchev–Trinajstić information content (AvgIpc) is 2.83. The van der Waals surface area contributed by atoms with Crippen LogP contribution in [0.25, 0.3) is 0 Å². The number of aryl methyl sites for hydroxylation is 3. The summed E-state index contributed by atoms with van der Waals surface area (Å²) in [6.45, 7) is 10.3. The Hall–Kier alpha value is -2.28. The molecule has 0 bridgehead atoms. The van der Waals surface area contributed by atoms with Crippen LogP contribution in [0.3, 0.4) is 0 Å². The van der Waals surface area contributed by atoms with Crippen molar-refractivity contribution in [3.05, 3.63) is 40.7 Å². The van der Waals surface area contributed by atoms with E-state index in [9.17, 15) is 4.79 Å². The summed E-state index contributed by atoms with van der Waals surface area (Å²) in [6.07, 6.45) is 5.04. The fourth-order valence-electron chi connectivity index (χ4n) is 3.19. The molecule has 0 aromatic carbocycles. The molecule has 2 aromatic rings. The number of carbonyl (C=O) groups excluding carboxylic acids is 1. The topological polar surface area (TPSA) is 78.0 Å². The zero-order chi connectivity index (χ0) is 17.8. The number of H-pyrrole nitrogens is 1. The maximum Gasteiger partial charge on any atom is 0.257 e. The molecule has 1 aliphatic heterocycles. The summed E-state index contributed by atoms with van der Waals surface area (Å²) >= 11 is 0. The van der Waals surface area contributed by atoms with E-state index >= 15 is 0 Å². The molecule has 1 saturated heterocycles. The number of carbonyl (C=O) groups is 1. The molecule has 3 rings (SSSR count). The van der Waals surface area contributed by atoms with Crippen LogP contribution in [0.15, 0.2) is 12.4 Å². The van der Waals surface area contributed by atoms with Crippen LogP contribution in [0, 0.1) is 13.8 Å². The van der Waals surface area contributed by atoms with Crippen LogP contribution >= 0.6 is 0 Å². The number of hydrogen-bond acceptors (Lipinski definition) is 5. The largest absolute Gasteiger partial charge is 0.337 e. The quantitative estimate of drug-likeness (QED) is 0.915. The first-order valence-corrected chi connectivity index (χ1v) is 8.91. The summed E-state index contributed by atoms with van der Waals surface area (Å²) in [5.41, 5.74) is 4.03. The van der Waals surface area contributed by atoms with Gasteiger partial charge in [-0.1, -0.05) is 6.92 Å². The summed E-state index contributed by atoms with van der Waals surface area (Å²) in [4.78, 5) is 25.5. The number of amides is 1. The van der Waals surface area contributed by atoms with Gasteiger partial charge < -0.3 is 4.90 Å². The summed E-state index contributed by atoms with van der Waals surface area (Å²) in [5, 5.41) is 7.32. The van der Waals surface area contributed by atoms with Crippen LogP contribution in [-0.4, -0.2) is 62.1 Å². The summed E-state index contributed by atoms with van der Waals surface area (Å²) in [7, 11) is 0. The number of nitrogens with zero attached hydrogens (tertiary/aromatic N) is 5. The molecule has 0 radical (unpaired) electrons. The van der Waals surface area contributed by atoms with Crippen molar-refractivity contribution in [2.45, 2.75) is 40.2 Å². The number of rotatable bonds is 4. The van der Waals surface area contributed by atoms with E-state index in [1.807, 2.05) is 18.7 Å². The second-order valence-corrected chi connectivity index (χ2v) is 6.58. The molecule has 0 saturated carbocycles. The standard InChI is InChI=1S/C18H26N6O/c1-4-17-19-10-15(11-20-17)18(25)24-7-5-6-23(8-9-24)12-16-13(2)21-22-14(16)3/h10-11H,4-9,12H2,1-3H3,(H,21,22). The second-order valence-electron chi connectivity index (χ2n) is 6.58. The van der Waals surface area contributed by atoms with Crippen molar-refractivity contribution in [2.75, 3.05) is 26.2 Å². The molecule has 0 unspecified atom stereocenters. The zero-order valence-corrected chi connectivity index (χ0v) is 15.2. The van der Waals surface area contributed by atoms with Crippen molar-refractivity contribution < 1.29 is 4.79 Å². The Morgan fingerprint density at radius 2 is 1.92 bits per heavy atom. The Kier molecular flexibility index (Phi) is 5.43. The lowest BCUT2D eigenvalue weighted by Gasteiger charge is -2.22. The van der Waals surface area contributed by atoms with Crippen molar-refractivity contribution in [1.29, 1.82) is 0 Å². The fourth-order valence-corrected chi connectivity index (χ4v) is 3.19. The summed E-state index contributed by atoms with van der Waals surface area (Å²) in [6, 6.07) is 0. The highest BCUT2D eigenvalue weighted by atomic mass is 16.2. The lowest BCUT2D eigenvalue weighted by atomic mass is 10.2. The lowest BCUT2D eigenvalue weighted by molar-refractivity contribution is 0.0760. The predicted molar refractivity (Wildman–Crippen MR) is 95.3 cm³/mol. The highest BCUT2D eigenvalue weighted by Crippen LogP contribution is 2.15. The summed E-state index contributed by atoms with van der Waals surface area (Å²) < 4.78 is 0. The Bertz CT molecular complexity index is 704. The van der Waals surface area contributed by atoms with Crippen molar-refractivity contribution in [1.82, 2.24) is 30.0 Å². The van der Waals surface area contributed by atoms with Gasteiger partial charge in [-0.2, -0.15) is 5.10 Å². The highest BCUT2D eigenvalue weighted by molar-refractivity contribution is 5.93. The van der Waals surface area contributed by atoms with E-state index in [2.05, 4.69) is 32.0 Å². The Balaban J connectivity index is 1.61. The van der Waals surface area contributed by atoms with E-state index in [-0.39, 0.29) is 5.91 Å². The SMILES string of the molecule is CCc1ncc(C(=O)N2CCCN(Cc3c(C)n[nH]c3C)CC2)cn1. The maximum atomic E-state index is 12.7. The number of nitrogens with one attached hydrogen (secondary N) is 1. The maximum absolute atomic E-state index is 12.7. The first kappa shape index (κ1) is 17.5. The zero-order valence-electron chi connectivity index (χ0n) is 15.2. The van der Waals surface area contributed by atoms with Gasteiger partial charge in [0.2, 0.25) is 0 Å². The van der Waals surface area contributed by atoms with Crippen LogP contribution in [-0.2, 0) is 13.0 Å². The van der Waals surface area contributed by atoms with Gasteiger partial charge in [-0.3, -0.25) is 14.8 Å². The normalized spacial score (nSPS) is 16.0. The van der Waals surface area contributed by atoms with Crippen LogP contribution < -0.4 is 0 Å². The molecule has 0 aliphatic carbocycles. The van der Waals surface area contributed by atoms with Crippen molar-refractivity contribution in [3.8, 4) is 0 Å². The van der Waals surface area contributed by atoms with Gasteiger partial charge in [0.25, 0.3) is 5.91 Å². The molecule has 0 atom stereocenters. The molecule has 3 heterocycles. The van der Waals surface area contributed by atoms with Crippen LogP contribution in [0.2, 0.25) is 0 Å². The minimum Gasteiger partial charge on any atom is -0.337 e. The second kappa shape index (κ2) is 7.74. The van der Waals surface area contributed by atoms with Gasteiger partial charge in [0.15, 0.2) is 0 Å². The van der Waals surface area contributed by atoms with E-state index < -0.39 is 0 Å². The Morgan fingerprint density at radius 1 is 1.16 bits per heavy atom. The molecule has 25 heavy (non-hydrogen) atoms. The van der Waals surface area contributed by atoms with E-state index in [1.54, 1.807) is 12.4 Å². The molecule has 1 fully saturated rings. The van der Waals surface area contributed by atoms with Gasteiger partial charge in [-0.05, 0) is 20.3 Å². The molecule has 7 heteroatoms. The summed E-state index contributed by atoms with van der Waals surface area (Å²) in [5.74, 6) is 0.796. The van der Waals surface area contributed by atoms with Crippen LogP contribution in [0.4, 0.5) is 0 Å². The Labute approximate surface area is 148 Å². The van der Waals surface area contributed by atoms with Crippen molar-refractivity contribution >= 4 is 5.91 Å². The van der Waals surface area contributed by atoms with Gasteiger partial charge >= 0.3 is 0 Å².